The number of aliphatic hydroxyl groups is 2. The predicted octanol–water partition coefficient (Wildman–Crippen LogP) is -1.72. The molecule has 0 saturated carbocycles. The summed E-state index contributed by atoms with van der Waals surface area (Å²) in [5, 5.41) is 20.0. The number of phosphoric acid groups is 1. The van der Waals surface area contributed by atoms with E-state index in [1.54, 1.807) is 0 Å². The molecule has 0 aliphatic carbocycles. The molecule has 0 aromatic carbocycles. The zero-order valence-electron chi connectivity index (χ0n) is 11.8. The summed E-state index contributed by atoms with van der Waals surface area (Å²) in [6, 6.07) is 0. The van der Waals surface area contributed by atoms with Crippen molar-refractivity contribution in [2.24, 2.45) is 0 Å². The van der Waals surface area contributed by atoms with Crippen molar-refractivity contribution in [2.45, 2.75) is 24.5 Å². The number of ether oxygens (including phenoxy) is 1. The number of aliphatic hydroxyl groups excluding tert-OH is 2. The van der Waals surface area contributed by atoms with Crippen LogP contribution in [0, 0.1) is 6.08 Å². The molecular weight excluding hydrogens is 352 g/mol. The van der Waals surface area contributed by atoms with Crippen LogP contribution in [0.3, 0.4) is 0 Å². The molecule has 3 heterocycles. The smallest absolute Gasteiger partial charge is 0.387 e. The molecule has 14 heteroatoms. The summed E-state index contributed by atoms with van der Waals surface area (Å²) in [6.45, 7) is -0.670. The summed E-state index contributed by atoms with van der Waals surface area (Å²) in [5.74, 6) is -0.217. The molecule has 2 aromatic heterocycles. The van der Waals surface area contributed by atoms with Gasteiger partial charge in [-0.1, -0.05) is 0 Å². The van der Waals surface area contributed by atoms with E-state index in [-0.39, 0.29) is 17.0 Å². The molecule has 1 fully saturated rings. The first kappa shape index (κ1) is 17.1. The quantitative estimate of drug-likeness (QED) is 0.306. The topological polar surface area (TPSA) is 186 Å². The molecule has 4 atom stereocenters. The maximum atomic E-state index is 13.3. The van der Waals surface area contributed by atoms with Gasteiger partial charge in [-0.2, -0.15) is 14.4 Å². The van der Waals surface area contributed by atoms with E-state index in [1.807, 2.05) is 0 Å². The molecule has 132 valence electrons. The first-order chi connectivity index (χ1) is 11.2. The minimum absolute atomic E-state index is 0.0663. The van der Waals surface area contributed by atoms with E-state index in [9.17, 15) is 19.2 Å². The normalized spacial score (nSPS) is 27.9. The molecule has 0 radical (unpaired) electrons. The van der Waals surface area contributed by atoms with Crippen molar-refractivity contribution in [1.29, 1.82) is 0 Å². The monoisotopic (exact) mass is 365 g/mol. The van der Waals surface area contributed by atoms with Crippen molar-refractivity contribution < 1.29 is 38.2 Å². The van der Waals surface area contributed by atoms with E-state index in [0.29, 0.717) is 0 Å². The van der Waals surface area contributed by atoms with Gasteiger partial charge in [-0.05, 0) is 0 Å². The van der Waals surface area contributed by atoms with Gasteiger partial charge < -0.3 is 30.5 Å². The van der Waals surface area contributed by atoms with Crippen molar-refractivity contribution in [3.63, 3.8) is 0 Å². The highest BCUT2D eigenvalue weighted by atomic mass is 31.2. The molecule has 12 nitrogen and oxygen atoms in total. The summed E-state index contributed by atoms with van der Waals surface area (Å²) >= 11 is 0. The largest absolute Gasteiger partial charge is 0.469 e. The van der Waals surface area contributed by atoms with E-state index >= 15 is 0 Å². The first-order valence-corrected chi connectivity index (χ1v) is 8.07. The number of hydrogen-bond acceptors (Lipinski definition) is 9. The zero-order valence-corrected chi connectivity index (χ0v) is 12.7. The first-order valence-electron chi connectivity index (χ1n) is 6.54. The van der Waals surface area contributed by atoms with E-state index < -0.39 is 45.0 Å². The second kappa shape index (κ2) is 5.97. The third kappa shape index (κ3) is 3.10. The number of phosphoric ester groups is 1. The Morgan fingerprint density at radius 1 is 1.38 bits per heavy atom. The lowest BCUT2D eigenvalue weighted by Gasteiger charge is -2.16. The van der Waals surface area contributed by atoms with Crippen LogP contribution in [0.25, 0.3) is 11.2 Å². The number of rotatable bonds is 4. The Labute approximate surface area is 132 Å². The number of anilines is 1. The minimum atomic E-state index is -4.78. The van der Waals surface area contributed by atoms with Crippen LogP contribution in [-0.2, 0) is 13.8 Å². The highest BCUT2D eigenvalue weighted by molar-refractivity contribution is 7.46. The fraction of sp³-hybridized carbons (Fsp3) is 0.500. The van der Waals surface area contributed by atoms with Gasteiger partial charge in [0.05, 0.1) is 12.9 Å². The standard InChI is InChI=1S/C10H13FN5O7P/c11-10-14-7(12)4-8(15-10)16(2-13-4)9-6(18)5(17)3(23-9)1-22-24(19,20)21/h2-3,5-6,9,17-18H,1H2,(H2,12,14,15)(H2,19,20,21)/t3-,5-,6+,9+/m1/s1. The number of nitrogen functional groups attached to an aromatic ring is 1. The van der Waals surface area contributed by atoms with Gasteiger partial charge in [0.1, 0.15) is 18.3 Å². The van der Waals surface area contributed by atoms with Gasteiger partial charge in [-0.25, -0.2) is 9.55 Å². The summed E-state index contributed by atoms with van der Waals surface area (Å²) in [4.78, 5) is 28.1. The molecule has 0 spiro atoms. The van der Waals surface area contributed by atoms with E-state index in [0.717, 1.165) is 10.9 Å². The summed E-state index contributed by atoms with van der Waals surface area (Å²) in [5.41, 5.74) is 5.52. The molecule has 2 aromatic rings. The van der Waals surface area contributed by atoms with Crippen molar-refractivity contribution >= 4 is 24.8 Å². The summed E-state index contributed by atoms with van der Waals surface area (Å²) < 4.78 is 34.8. The van der Waals surface area contributed by atoms with Gasteiger partial charge in [0.15, 0.2) is 23.2 Å². The molecular formula is C10H13FN5O7P. The lowest BCUT2D eigenvalue weighted by molar-refractivity contribution is -0.0504. The molecule has 1 aliphatic rings. The fourth-order valence-corrected chi connectivity index (χ4v) is 2.71. The molecule has 0 unspecified atom stereocenters. The third-order valence-corrected chi connectivity index (χ3v) is 3.92. The minimum Gasteiger partial charge on any atom is -0.387 e. The number of nitrogens with two attached hydrogens (primary N) is 1. The Morgan fingerprint density at radius 3 is 2.75 bits per heavy atom. The van der Waals surface area contributed by atoms with Crippen LogP contribution >= 0.6 is 7.82 Å². The van der Waals surface area contributed by atoms with Gasteiger partial charge in [-0.15, -0.1) is 0 Å². The molecule has 24 heavy (non-hydrogen) atoms. The van der Waals surface area contributed by atoms with Crippen LogP contribution in [0.1, 0.15) is 6.23 Å². The molecule has 1 aliphatic heterocycles. The fourth-order valence-electron chi connectivity index (χ4n) is 2.36. The van der Waals surface area contributed by atoms with Crippen molar-refractivity contribution in [3.05, 3.63) is 12.4 Å². The molecule has 0 bridgehead atoms. The van der Waals surface area contributed by atoms with Gasteiger partial charge in [-0.3, -0.25) is 9.09 Å². The molecule has 6 N–H and O–H groups in total. The number of nitrogens with zero attached hydrogens (tertiary/aromatic N) is 4. The van der Waals surface area contributed by atoms with Crippen molar-refractivity contribution in [2.75, 3.05) is 12.3 Å². The number of aromatic nitrogens is 4. The molecule has 3 rings (SSSR count). The molecule has 1 saturated heterocycles. The van der Waals surface area contributed by atoms with Crippen LogP contribution in [0.5, 0.6) is 0 Å². The summed E-state index contributed by atoms with van der Waals surface area (Å²) in [7, 11) is -4.78. The van der Waals surface area contributed by atoms with E-state index in [2.05, 4.69) is 19.5 Å². The summed E-state index contributed by atoms with van der Waals surface area (Å²) in [6.07, 6.45) is -5.46. The Balaban J connectivity index is 1.89. The highest BCUT2D eigenvalue weighted by Crippen LogP contribution is 2.38. The SMILES string of the molecule is Nc1nc(F)nc2c1ncn2[C@H]1O[C@H](COP(=O)(O)O)[C@@H](O)[C@@H]1O. The third-order valence-electron chi connectivity index (χ3n) is 3.44. The maximum absolute atomic E-state index is 13.3. The number of halogens is 1. The Morgan fingerprint density at radius 2 is 2.08 bits per heavy atom. The van der Waals surface area contributed by atoms with Gasteiger partial charge >= 0.3 is 13.9 Å². The Hall–Kier alpha value is -1.73. The van der Waals surface area contributed by atoms with Gasteiger partial charge in [0, 0.05) is 0 Å². The highest BCUT2D eigenvalue weighted by Gasteiger charge is 2.45. The van der Waals surface area contributed by atoms with Crippen LogP contribution in [-0.4, -0.2) is 64.4 Å². The zero-order chi connectivity index (χ0) is 17.6. The number of imidazole rings is 1. The van der Waals surface area contributed by atoms with Crippen LogP contribution in [0.15, 0.2) is 6.33 Å². The lowest BCUT2D eigenvalue weighted by Crippen LogP contribution is -2.33. The average Bonchev–Trinajstić information content (AvgIpc) is 3.00. The molecule has 0 amide bonds. The van der Waals surface area contributed by atoms with Gasteiger partial charge in [0.25, 0.3) is 0 Å². The Kier molecular flexibility index (Phi) is 4.25. The van der Waals surface area contributed by atoms with E-state index in [1.165, 1.54) is 0 Å². The second-order valence-corrected chi connectivity index (χ2v) is 6.27. The number of hydrogen-bond donors (Lipinski definition) is 5. The van der Waals surface area contributed by atoms with Crippen molar-refractivity contribution in [1.82, 2.24) is 19.5 Å². The van der Waals surface area contributed by atoms with Crippen molar-refractivity contribution in [3.8, 4) is 0 Å². The van der Waals surface area contributed by atoms with Gasteiger partial charge in [0.2, 0.25) is 0 Å². The second-order valence-electron chi connectivity index (χ2n) is 5.03. The lowest BCUT2D eigenvalue weighted by atomic mass is 10.1. The average molecular weight is 365 g/mol. The van der Waals surface area contributed by atoms with Crippen LogP contribution in [0.2, 0.25) is 0 Å². The Bertz CT molecular complexity index is 812. The predicted molar refractivity (Wildman–Crippen MR) is 73.6 cm³/mol. The maximum Gasteiger partial charge on any atom is 0.469 e. The van der Waals surface area contributed by atoms with Crippen LogP contribution in [0.4, 0.5) is 10.2 Å². The number of fused-ring (bicyclic) bond motifs is 1. The van der Waals surface area contributed by atoms with Crippen LogP contribution < -0.4 is 5.73 Å². The van der Waals surface area contributed by atoms with E-state index in [4.69, 9.17) is 20.3 Å².